The lowest BCUT2D eigenvalue weighted by Gasteiger charge is -2.60. The Kier molecular flexibility index (Phi) is 5.42. The largest absolute Gasteiger partial charge is 0.393 e. The van der Waals surface area contributed by atoms with E-state index in [0.717, 1.165) is 37.5 Å². The molecule has 0 unspecified atom stereocenters. The van der Waals surface area contributed by atoms with Crippen molar-refractivity contribution < 1.29 is 10.2 Å². The van der Waals surface area contributed by atoms with Gasteiger partial charge < -0.3 is 10.2 Å². The smallest absolute Gasteiger partial charge is 0.0809 e. The van der Waals surface area contributed by atoms with Gasteiger partial charge in [0.15, 0.2) is 0 Å². The second-order valence-corrected chi connectivity index (χ2v) is 12.3. The zero-order valence-corrected chi connectivity index (χ0v) is 20.0. The molecule has 4 aliphatic rings. The third-order valence-corrected chi connectivity index (χ3v) is 10.5. The average Bonchev–Trinajstić information content (AvgIpc) is 2.99. The van der Waals surface area contributed by atoms with E-state index >= 15 is 0 Å². The van der Waals surface area contributed by atoms with Gasteiger partial charge in [0.05, 0.1) is 12.2 Å². The summed E-state index contributed by atoms with van der Waals surface area (Å²) in [7, 11) is 0. The molecule has 1 aromatic carbocycles. The first kappa shape index (κ1) is 21.7. The lowest BCUT2D eigenvalue weighted by molar-refractivity contribution is -0.133. The highest BCUT2D eigenvalue weighted by Gasteiger charge is 2.61. The van der Waals surface area contributed by atoms with E-state index in [-0.39, 0.29) is 17.6 Å². The fourth-order valence-corrected chi connectivity index (χ4v) is 8.43. The SMILES string of the molecule is CC(C)c1ccc(/C=C2/C[C@@H]3[C@H]4CC[C@H]5C[C@@H](O)CC[C@]5(C)[C@@H]4CC[C@@]3(C)[C@H]2O)cc1. The van der Waals surface area contributed by atoms with Gasteiger partial charge in [-0.2, -0.15) is 0 Å². The molecule has 170 valence electrons. The zero-order valence-electron chi connectivity index (χ0n) is 20.0. The standard InChI is InChI=1S/C29H42O2/c1-18(2)20-7-5-19(6-8-20)15-21-16-26-24-10-9-22-17-23(30)11-13-28(22,3)25(24)12-14-29(26,4)27(21)31/h5-8,15,18,22-27,30-31H,9-14,16-17H2,1-4H3/b21-15-/t22-,23-,24-,25+,26+,27-,28-,29+/m0/s1. The van der Waals surface area contributed by atoms with Crippen LogP contribution in [0.3, 0.4) is 0 Å². The van der Waals surface area contributed by atoms with Crippen molar-refractivity contribution in [2.24, 2.45) is 34.5 Å². The van der Waals surface area contributed by atoms with Gasteiger partial charge in [-0.1, -0.05) is 58.0 Å². The molecule has 0 radical (unpaired) electrons. The van der Waals surface area contributed by atoms with Crippen LogP contribution in [-0.2, 0) is 0 Å². The highest BCUT2D eigenvalue weighted by atomic mass is 16.3. The molecule has 0 saturated heterocycles. The van der Waals surface area contributed by atoms with Gasteiger partial charge in [0, 0.05) is 5.41 Å². The molecule has 0 amide bonds. The quantitative estimate of drug-likeness (QED) is 0.566. The molecule has 2 nitrogen and oxygen atoms in total. The third-order valence-electron chi connectivity index (χ3n) is 10.5. The van der Waals surface area contributed by atoms with Crippen LogP contribution in [0, 0.1) is 34.5 Å². The molecule has 5 rings (SSSR count). The van der Waals surface area contributed by atoms with E-state index in [1.165, 1.54) is 42.4 Å². The van der Waals surface area contributed by atoms with E-state index < -0.39 is 0 Å². The van der Waals surface area contributed by atoms with E-state index in [4.69, 9.17) is 0 Å². The van der Waals surface area contributed by atoms with Gasteiger partial charge in [-0.05, 0) is 103 Å². The summed E-state index contributed by atoms with van der Waals surface area (Å²) >= 11 is 0. The van der Waals surface area contributed by atoms with Gasteiger partial charge in [-0.25, -0.2) is 0 Å². The van der Waals surface area contributed by atoms with Crippen LogP contribution < -0.4 is 0 Å². The minimum Gasteiger partial charge on any atom is -0.393 e. The maximum absolute atomic E-state index is 11.5. The molecule has 0 bridgehead atoms. The van der Waals surface area contributed by atoms with Crippen LogP contribution in [-0.4, -0.2) is 22.4 Å². The van der Waals surface area contributed by atoms with Crippen LogP contribution in [0.5, 0.6) is 0 Å². The van der Waals surface area contributed by atoms with Crippen LogP contribution in [0.25, 0.3) is 6.08 Å². The molecule has 1 aromatic rings. The zero-order chi connectivity index (χ0) is 22.0. The van der Waals surface area contributed by atoms with Crippen molar-refractivity contribution in [1.82, 2.24) is 0 Å². The lowest BCUT2D eigenvalue weighted by atomic mass is 9.45. The van der Waals surface area contributed by atoms with Crippen molar-refractivity contribution in [3.63, 3.8) is 0 Å². The Balaban J connectivity index is 1.40. The van der Waals surface area contributed by atoms with Crippen molar-refractivity contribution in [3.05, 3.63) is 41.0 Å². The van der Waals surface area contributed by atoms with Crippen molar-refractivity contribution in [2.45, 2.75) is 97.2 Å². The van der Waals surface area contributed by atoms with Crippen molar-refractivity contribution in [3.8, 4) is 0 Å². The molecule has 2 N–H and O–H groups in total. The Hall–Kier alpha value is -1.12. The van der Waals surface area contributed by atoms with Crippen LogP contribution in [0.15, 0.2) is 29.8 Å². The highest BCUT2D eigenvalue weighted by molar-refractivity contribution is 5.56. The predicted molar refractivity (Wildman–Crippen MR) is 128 cm³/mol. The summed E-state index contributed by atoms with van der Waals surface area (Å²) in [4.78, 5) is 0. The molecule has 4 fully saturated rings. The molecule has 0 aliphatic heterocycles. The number of hydrogen-bond donors (Lipinski definition) is 2. The topological polar surface area (TPSA) is 40.5 Å². The Morgan fingerprint density at radius 2 is 1.61 bits per heavy atom. The summed E-state index contributed by atoms with van der Waals surface area (Å²) in [5.41, 5.74) is 4.29. The van der Waals surface area contributed by atoms with E-state index in [1.807, 2.05) is 0 Å². The molecular formula is C29H42O2. The minimum absolute atomic E-state index is 0.0300. The van der Waals surface area contributed by atoms with Crippen LogP contribution in [0.2, 0.25) is 0 Å². The van der Waals surface area contributed by atoms with E-state index in [2.05, 4.69) is 58.0 Å². The fraction of sp³-hybridized carbons (Fsp3) is 0.724. The predicted octanol–water partition coefficient (Wildman–Crippen LogP) is 6.57. The number of hydrogen-bond acceptors (Lipinski definition) is 2. The molecule has 2 heteroatoms. The fourth-order valence-electron chi connectivity index (χ4n) is 8.43. The number of fused-ring (bicyclic) bond motifs is 5. The minimum atomic E-state index is -0.304. The average molecular weight is 423 g/mol. The highest BCUT2D eigenvalue weighted by Crippen LogP contribution is 2.67. The normalized spacial score (nSPS) is 46.0. The number of benzene rings is 1. The Morgan fingerprint density at radius 3 is 2.32 bits per heavy atom. The second kappa shape index (κ2) is 7.73. The first-order valence-electron chi connectivity index (χ1n) is 12.9. The molecule has 31 heavy (non-hydrogen) atoms. The number of aliphatic hydroxyl groups is 2. The van der Waals surface area contributed by atoms with Gasteiger partial charge in [-0.3, -0.25) is 0 Å². The van der Waals surface area contributed by atoms with Gasteiger partial charge >= 0.3 is 0 Å². The molecule has 0 heterocycles. The first-order chi connectivity index (χ1) is 14.7. The van der Waals surface area contributed by atoms with Gasteiger partial charge in [-0.15, -0.1) is 0 Å². The summed E-state index contributed by atoms with van der Waals surface area (Å²) in [6.07, 6.45) is 11.1. The van der Waals surface area contributed by atoms with E-state index in [9.17, 15) is 10.2 Å². The van der Waals surface area contributed by atoms with Crippen LogP contribution in [0.1, 0.15) is 96.1 Å². The molecule has 0 aromatic heterocycles. The maximum atomic E-state index is 11.5. The maximum Gasteiger partial charge on any atom is 0.0809 e. The Bertz CT molecular complexity index is 839. The number of rotatable bonds is 2. The lowest BCUT2D eigenvalue weighted by Crippen LogP contribution is -2.54. The van der Waals surface area contributed by atoms with Gasteiger partial charge in [0.25, 0.3) is 0 Å². The van der Waals surface area contributed by atoms with E-state index in [1.54, 1.807) is 0 Å². The van der Waals surface area contributed by atoms with Crippen molar-refractivity contribution in [1.29, 1.82) is 0 Å². The molecule has 4 aliphatic carbocycles. The summed E-state index contributed by atoms with van der Waals surface area (Å²) < 4.78 is 0. The van der Waals surface area contributed by atoms with Crippen LogP contribution in [0.4, 0.5) is 0 Å². The Morgan fingerprint density at radius 1 is 0.903 bits per heavy atom. The molecular weight excluding hydrogens is 380 g/mol. The second-order valence-electron chi connectivity index (χ2n) is 12.3. The third kappa shape index (κ3) is 3.44. The number of aliphatic hydroxyl groups excluding tert-OH is 2. The van der Waals surface area contributed by atoms with E-state index in [0.29, 0.717) is 23.2 Å². The van der Waals surface area contributed by atoms with Crippen molar-refractivity contribution >= 4 is 6.08 Å². The Labute approximate surface area is 189 Å². The molecule has 4 saturated carbocycles. The van der Waals surface area contributed by atoms with Gasteiger partial charge in [0.1, 0.15) is 0 Å². The van der Waals surface area contributed by atoms with Gasteiger partial charge in [0.2, 0.25) is 0 Å². The molecule has 8 atom stereocenters. The van der Waals surface area contributed by atoms with Crippen molar-refractivity contribution in [2.75, 3.05) is 0 Å². The first-order valence-corrected chi connectivity index (χ1v) is 12.9. The monoisotopic (exact) mass is 422 g/mol. The summed E-state index contributed by atoms with van der Waals surface area (Å²) in [6, 6.07) is 8.93. The molecule has 0 spiro atoms. The van der Waals surface area contributed by atoms with Crippen LogP contribution >= 0.6 is 0 Å². The summed E-state index contributed by atoms with van der Waals surface area (Å²) in [5, 5.41) is 21.7. The summed E-state index contributed by atoms with van der Waals surface area (Å²) in [5.74, 6) is 3.36. The summed E-state index contributed by atoms with van der Waals surface area (Å²) in [6.45, 7) is 9.39.